The monoisotopic (exact) mass is 529 g/mol. The van der Waals surface area contributed by atoms with Gasteiger partial charge in [-0.1, -0.05) is 18.1 Å². The molecule has 1 N–H and O–H groups in total. The van der Waals surface area contributed by atoms with E-state index in [9.17, 15) is 4.79 Å². The molecule has 0 aromatic carbocycles. The first-order chi connectivity index (χ1) is 19.0. The maximum absolute atomic E-state index is 12.2. The van der Waals surface area contributed by atoms with Gasteiger partial charge in [0, 0.05) is 31.6 Å². The number of carbonyl (C=O) groups excluding carboxylic acids is 1. The third kappa shape index (κ3) is 6.00. The molecule has 0 spiro atoms. The number of pyridine rings is 1. The Labute approximate surface area is 226 Å². The van der Waals surface area contributed by atoms with Gasteiger partial charge in [-0.3, -0.25) is 14.8 Å². The van der Waals surface area contributed by atoms with Crippen LogP contribution in [0.2, 0.25) is 0 Å². The molecule has 0 aliphatic heterocycles. The molecule has 2 atom stereocenters. The third-order valence-electron chi connectivity index (χ3n) is 6.98. The van der Waals surface area contributed by atoms with Crippen molar-refractivity contribution >= 4 is 11.9 Å². The van der Waals surface area contributed by atoms with E-state index in [1.54, 1.807) is 35.5 Å². The Kier molecular flexibility index (Phi) is 7.99. The Morgan fingerprint density at radius 3 is 2.72 bits per heavy atom. The van der Waals surface area contributed by atoms with Gasteiger partial charge in [0.25, 0.3) is 0 Å². The van der Waals surface area contributed by atoms with Crippen LogP contribution in [-0.2, 0) is 23.1 Å². The Morgan fingerprint density at radius 2 is 1.92 bits per heavy atom. The number of aromatic nitrogens is 8. The second-order valence-corrected chi connectivity index (χ2v) is 9.48. The van der Waals surface area contributed by atoms with Crippen LogP contribution >= 0.6 is 0 Å². The molecule has 39 heavy (non-hydrogen) atoms. The van der Waals surface area contributed by atoms with E-state index >= 15 is 0 Å². The van der Waals surface area contributed by atoms with Crippen molar-refractivity contribution in [3.05, 3.63) is 54.4 Å². The second kappa shape index (κ2) is 11.9. The lowest BCUT2D eigenvalue weighted by molar-refractivity contribution is -0.149. The minimum Gasteiger partial charge on any atom is -0.491 e. The summed E-state index contributed by atoms with van der Waals surface area (Å²) in [7, 11) is 3.28. The van der Waals surface area contributed by atoms with Gasteiger partial charge in [-0.25, -0.2) is 19.6 Å². The Bertz CT molecular complexity index is 1430. The number of hydrogen-bond acceptors (Lipinski definition) is 11. The normalized spacial score (nSPS) is 17.0. The number of nitrogens with zero attached hydrogens (tertiary/aromatic N) is 8. The summed E-state index contributed by atoms with van der Waals surface area (Å²) in [6.07, 6.45) is 10.5. The van der Waals surface area contributed by atoms with Crippen LogP contribution in [0.5, 0.6) is 5.75 Å². The zero-order valence-corrected chi connectivity index (χ0v) is 22.2. The zero-order chi connectivity index (χ0) is 27.2. The van der Waals surface area contributed by atoms with Gasteiger partial charge in [-0.15, -0.1) is 5.10 Å². The van der Waals surface area contributed by atoms with E-state index in [1.807, 2.05) is 26.1 Å². The average molecular weight is 530 g/mol. The molecule has 1 saturated carbocycles. The lowest BCUT2D eigenvalue weighted by Gasteiger charge is -2.29. The molecule has 4 aromatic heterocycles. The number of ether oxygens (including phenoxy) is 2. The van der Waals surface area contributed by atoms with E-state index in [0.29, 0.717) is 47.6 Å². The number of carbonyl (C=O) groups is 1. The van der Waals surface area contributed by atoms with Crippen LogP contribution in [0.3, 0.4) is 0 Å². The SMILES string of the molecule is COC(=O)[C@H]1CCCC[C@@H]1COc1ccc(-c2nnn(C)c2CNc2nccc(-c3cnccn3)n2)nc1C. The molecule has 5 rings (SSSR count). The summed E-state index contributed by atoms with van der Waals surface area (Å²) in [5, 5.41) is 11.8. The summed E-state index contributed by atoms with van der Waals surface area (Å²) < 4.78 is 12.8. The largest absolute Gasteiger partial charge is 0.491 e. The molecule has 202 valence electrons. The molecule has 4 heterocycles. The molecule has 0 unspecified atom stereocenters. The lowest BCUT2D eigenvalue weighted by Crippen LogP contribution is -2.32. The maximum Gasteiger partial charge on any atom is 0.309 e. The van der Waals surface area contributed by atoms with Gasteiger partial charge in [0.1, 0.15) is 17.1 Å². The number of anilines is 1. The van der Waals surface area contributed by atoms with Crippen molar-refractivity contribution < 1.29 is 14.3 Å². The van der Waals surface area contributed by atoms with Crippen molar-refractivity contribution in [1.29, 1.82) is 0 Å². The summed E-state index contributed by atoms with van der Waals surface area (Å²) in [5.74, 6) is 1.01. The van der Waals surface area contributed by atoms with E-state index in [4.69, 9.17) is 14.5 Å². The summed E-state index contributed by atoms with van der Waals surface area (Å²) >= 11 is 0. The van der Waals surface area contributed by atoms with Crippen molar-refractivity contribution in [1.82, 2.24) is 39.9 Å². The van der Waals surface area contributed by atoms with Crippen molar-refractivity contribution in [2.45, 2.75) is 39.2 Å². The first kappa shape index (κ1) is 26.1. The highest BCUT2D eigenvalue weighted by molar-refractivity contribution is 5.72. The van der Waals surface area contributed by atoms with Crippen molar-refractivity contribution in [2.75, 3.05) is 19.0 Å². The van der Waals surface area contributed by atoms with Crippen LogP contribution in [0.15, 0.2) is 43.0 Å². The zero-order valence-electron chi connectivity index (χ0n) is 22.2. The molecule has 0 radical (unpaired) electrons. The van der Waals surface area contributed by atoms with Crippen LogP contribution in [0.25, 0.3) is 22.8 Å². The third-order valence-corrected chi connectivity index (χ3v) is 6.98. The molecular weight excluding hydrogens is 498 g/mol. The maximum atomic E-state index is 12.2. The number of methoxy groups -OCH3 is 1. The first-order valence-corrected chi connectivity index (χ1v) is 12.9. The van der Waals surface area contributed by atoms with Gasteiger partial charge in [0.2, 0.25) is 5.95 Å². The topological polar surface area (TPSA) is 143 Å². The molecule has 1 aliphatic rings. The van der Waals surface area contributed by atoms with Crippen molar-refractivity contribution in [3.63, 3.8) is 0 Å². The fraction of sp³-hybridized carbons (Fsp3) is 0.407. The molecule has 0 amide bonds. The minimum atomic E-state index is -0.150. The van der Waals surface area contributed by atoms with Gasteiger partial charge >= 0.3 is 5.97 Å². The molecule has 0 bridgehead atoms. The highest BCUT2D eigenvalue weighted by atomic mass is 16.5. The first-order valence-electron chi connectivity index (χ1n) is 12.9. The van der Waals surface area contributed by atoms with Crippen molar-refractivity contribution in [2.24, 2.45) is 18.9 Å². The quantitative estimate of drug-likeness (QED) is 0.319. The summed E-state index contributed by atoms with van der Waals surface area (Å²) in [6.45, 7) is 2.74. The number of rotatable bonds is 9. The Balaban J connectivity index is 1.27. The van der Waals surface area contributed by atoms with Crippen LogP contribution in [0, 0.1) is 18.8 Å². The summed E-state index contributed by atoms with van der Waals surface area (Å²) in [6, 6.07) is 5.55. The second-order valence-electron chi connectivity index (χ2n) is 9.48. The van der Waals surface area contributed by atoms with E-state index in [2.05, 4.69) is 35.6 Å². The fourth-order valence-corrected chi connectivity index (χ4v) is 4.85. The average Bonchev–Trinajstić information content (AvgIpc) is 3.35. The van der Waals surface area contributed by atoms with Gasteiger partial charge < -0.3 is 14.8 Å². The Hall–Kier alpha value is -4.48. The van der Waals surface area contributed by atoms with E-state index < -0.39 is 0 Å². The molecule has 4 aromatic rings. The van der Waals surface area contributed by atoms with Gasteiger partial charge in [0.15, 0.2) is 0 Å². The lowest BCUT2D eigenvalue weighted by atomic mass is 9.80. The Morgan fingerprint density at radius 1 is 1.05 bits per heavy atom. The molecular formula is C27H31N9O3. The number of nitrogens with one attached hydrogen (secondary N) is 1. The molecule has 12 heteroatoms. The van der Waals surface area contributed by atoms with Gasteiger partial charge in [-0.2, -0.15) is 0 Å². The minimum absolute atomic E-state index is 0.115. The summed E-state index contributed by atoms with van der Waals surface area (Å²) in [4.78, 5) is 34.2. The predicted octanol–water partition coefficient (Wildman–Crippen LogP) is 3.40. The highest BCUT2D eigenvalue weighted by Gasteiger charge is 2.32. The van der Waals surface area contributed by atoms with Gasteiger partial charge in [-0.05, 0) is 38.0 Å². The van der Waals surface area contributed by atoms with Crippen LogP contribution in [0.4, 0.5) is 5.95 Å². The standard InChI is InChI=1S/C27H31N9O3/c1-17-24(39-16-18-6-4-5-7-19(18)26(37)38-3)9-8-21(32-17)25-23(36(2)35-34-25)15-31-27-30-11-10-20(33-27)22-14-28-12-13-29-22/h8-14,18-19H,4-7,15-16H2,1-3H3,(H,30,31,33)/t18-,19+/m1/s1. The molecule has 0 saturated heterocycles. The summed E-state index contributed by atoms with van der Waals surface area (Å²) in [5.41, 5.74) is 4.24. The van der Waals surface area contributed by atoms with Crippen LogP contribution < -0.4 is 10.1 Å². The smallest absolute Gasteiger partial charge is 0.309 e. The van der Waals surface area contributed by atoms with Gasteiger partial charge in [0.05, 0.1) is 55.2 Å². The van der Waals surface area contributed by atoms with Crippen LogP contribution in [0.1, 0.15) is 37.1 Å². The number of esters is 1. The number of hydrogen-bond donors (Lipinski definition) is 1. The molecule has 1 aliphatic carbocycles. The molecule has 1 fully saturated rings. The van der Waals surface area contributed by atoms with E-state index in [1.165, 1.54) is 7.11 Å². The van der Waals surface area contributed by atoms with E-state index in [0.717, 1.165) is 37.1 Å². The van der Waals surface area contributed by atoms with Crippen LogP contribution in [-0.4, -0.2) is 59.6 Å². The predicted molar refractivity (Wildman–Crippen MR) is 142 cm³/mol. The van der Waals surface area contributed by atoms with E-state index in [-0.39, 0.29) is 17.8 Å². The van der Waals surface area contributed by atoms with Crippen molar-refractivity contribution in [3.8, 4) is 28.5 Å². The highest BCUT2D eigenvalue weighted by Crippen LogP contribution is 2.32. The fourth-order valence-electron chi connectivity index (χ4n) is 4.85. The molecule has 12 nitrogen and oxygen atoms in total. The number of aryl methyl sites for hydroxylation is 2.